The number of fused-ring (bicyclic) bond motifs is 1. The first-order chi connectivity index (χ1) is 8.92. The van der Waals surface area contributed by atoms with Crippen LogP contribution in [-0.4, -0.2) is 30.0 Å². The Balaban J connectivity index is 1.86. The SMILES string of the molecule is CN1CCC(C)(C2(N)Nc3cc(Cl)ccc3S2)CC1. The summed E-state index contributed by atoms with van der Waals surface area (Å²) in [6, 6.07) is 5.96. The van der Waals surface area contributed by atoms with Crippen LogP contribution < -0.4 is 11.1 Å². The number of halogens is 1. The Labute approximate surface area is 123 Å². The van der Waals surface area contributed by atoms with Gasteiger partial charge in [0.1, 0.15) is 4.99 Å². The van der Waals surface area contributed by atoms with Crippen molar-refractivity contribution in [2.75, 3.05) is 25.5 Å². The predicted octanol–water partition coefficient (Wildman–Crippen LogP) is 3.20. The lowest BCUT2D eigenvalue weighted by Gasteiger charge is -2.47. The highest BCUT2D eigenvalue weighted by Gasteiger charge is 2.50. The summed E-state index contributed by atoms with van der Waals surface area (Å²) < 4.78 is 0. The third kappa shape index (κ3) is 2.25. The summed E-state index contributed by atoms with van der Waals surface area (Å²) in [5, 5.41) is 4.27. The summed E-state index contributed by atoms with van der Waals surface area (Å²) in [6.07, 6.45) is 2.23. The Kier molecular flexibility index (Phi) is 3.25. The van der Waals surface area contributed by atoms with Crippen molar-refractivity contribution in [2.24, 2.45) is 11.1 Å². The molecule has 19 heavy (non-hydrogen) atoms. The molecule has 1 saturated heterocycles. The van der Waals surface area contributed by atoms with E-state index in [1.54, 1.807) is 11.8 Å². The van der Waals surface area contributed by atoms with E-state index in [9.17, 15) is 0 Å². The van der Waals surface area contributed by atoms with E-state index in [1.165, 1.54) is 4.90 Å². The fourth-order valence-electron chi connectivity index (χ4n) is 2.85. The molecule has 1 aromatic rings. The molecule has 1 atom stereocenters. The molecular formula is C14H20ClN3S. The van der Waals surface area contributed by atoms with Gasteiger partial charge in [-0.15, -0.1) is 0 Å². The van der Waals surface area contributed by atoms with Gasteiger partial charge in [-0.05, 0) is 51.2 Å². The number of piperidine rings is 1. The van der Waals surface area contributed by atoms with Crippen LogP contribution in [0.2, 0.25) is 5.02 Å². The maximum Gasteiger partial charge on any atom is 0.144 e. The first-order valence-electron chi connectivity index (χ1n) is 6.66. The number of nitrogens with two attached hydrogens (primary N) is 1. The lowest BCUT2D eigenvalue weighted by molar-refractivity contribution is 0.109. The van der Waals surface area contributed by atoms with E-state index in [0.29, 0.717) is 0 Å². The highest BCUT2D eigenvalue weighted by molar-refractivity contribution is 8.01. The summed E-state index contributed by atoms with van der Waals surface area (Å²) >= 11 is 7.80. The maximum atomic E-state index is 6.70. The molecule has 1 unspecified atom stereocenters. The summed E-state index contributed by atoms with van der Waals surface area (Å²) in [4.78, 5) is 3.14. The van der Waals surface area contributed by atoms with Crippen LogP contribution in [0.1, 0.15) is 19.8 Å². The number of benzene rings is 1. The smallest absolute Gasteiger partial charge is 0.144 e. The van der Waals surface area contributed by atoms with Crippen LogP contribution in [0.4, 0.5) is 5.69 Å². The van der Waals surface area contributed by atoms with E-state index in [4.69, 9.17) is 17.3 Å². The second-order valence-corrected chi connectivity index (χ2v) is 7.69. The number of likely N-dealkylation sites (tertiary alicyclic amines) is 1. The molecule has 2 aliphatic heterocycles. The van der Waals surface area contributed by atoms with Crippen LogP contribution >= 0.6 is 23.4 Å². The zero-order valence-electron chi connectivity index (χ0n) is 11.4. The van der Waals surface area contributed by atoms with Gasteiger partial charge in [0.15, 0.2) is 0 Å². The summed E-state index contributed by atoms with van der Waals surface area (Å²) in [7, 11) is 2.17. The van der Waals surface area contributed by atoms with Crippen LogP contribution in [0, 0.1) is 5.41 Å². The standard InChI is InChI=1S/C14H20ClN3S/c1-13(5-7-18(2)8-6-13)14(16)17-11-9-10(15)3-4-12(11)19-14/h3-4,9,17H,5-8,16H2,1-2H3. The van der Waals surface area contributed by atoms with E-state index in [-0.39, 0.29) is 5.41 Å². The summed E-state index contributed by atoms with van der Waals surface area (Å²) in [6.45, 7) is 4.51. The van der Waals surface area contributed by atoms with Crippen molar-refractivity contribution in [2.45, 2.75) is 29.7 Å². The predicted molar refractivity (Wildman–Crippen MR) is 82.7 cm³/mol. The molecule has 0 spiro atoms. The molecule has 1 aromatic carbocycles. The van der Waals surface area contributed by atoms with Gasteiger partial charge in [0.2, 0.25) is 0 Å². The highest BCUT2D eigenvalue weighted by Crippen LogP contribution is 2.54. The number of thioether (sulfide) groups is 1. The van der Waals surface area contributed by atoms with Gasteiger partial charge >= 0.3 is 0 Å². The van der Waals surface area contributed by atoms with Crippen LogP contribution in [0.3, 0.4) is 0 Å². The maximum absolute atomic E-state index is 6.70. The Bertz CT molecular complexity index is 499. The van der Waals surface area contributed by atoms with Crippen molar-refractivity contribution in [3.8, 4) is 0 Å². The van der Waals surface area contributed by atoms with E-state index >= 15 is 0 Å². The average Bonchev–Trinajstić information content (AvgIpc) is 2.70. The Morgan fingerprint density at radius 2 is 2.05 bits per heavy atom. The van der Waals surface area contributed by atoms with Crippen molar-refractivity contribution in [1.29, 1.82) is 0 Å². The van der Waals surface area contributed by atoms with Gasteiger partial charge in [-0.25, -0.2) is 0 Å². The van der Waals surface area contributed by atoms with E-state index in [1.807, 2.05) is 12.1 Å². The fourth-order valence-corrected chi connectivity index (χ4v) is 4.33. The fraction of sp³-hybridized carbons (Fsp3) is 0.571. The molecule has 0 aliphatic carbocycles. The molecule has 3 N–H and O–H groups in total. The molecule has 5 heteroatoms. The number of nitrogens with one attached hydrogen (secondary N) is 1. The molecule has 0 saturated carbocycles. The van der Waals surface area contributed by atoms with Crippen molar-refractivity contribution in [3.63, 3.8) is 0 Å². The molecule has 3 rings (SSSR count). The van der Waals surface area contributed by atoms with Crippen LogP contribution in [0.5, 0.6) is 0 Å². The summed E-state index contributed by atoms with van der Waals surface area (Å²) in [5.41, 5.74) is 7.87. The zero-order chi connectivity index (χ0) is 13.7. The number of nitrogens with zero attached hydrogens (tertiary/aromatic N) is 1. The van der Waals surface area contributed by atoms with Crippen LogP contribution in [-0.2, 0) is 0 Å². The van der Waals surface area contributed by atoms with Gasteiger partial charge in [0, 0.05) is 15.3 Å². The van der Waals surface area contributed by atoms with Gasteiger partial charge in [0.25, 0.3) is 0 Å². The first kappa shape index (κ1) is 13.6. The molecule has 0 aromatic heterocycles. The monoisotopic (exact) mass is 297 g/mol. The molecule has 2 aliphatic rings. The quantitative estimate of drug-likeness (QED) is 0.835. The number of anilines is 1. The van der Waals surface area contributed by atoms with E-state index in [2.05, 4.69) is 30.3 Å². The minimum Gasteiger partial charge on any atom is -0.357 e. The van der Waals surface area contributed by atoms with Gasteiger partial charge in [0.05, 0.1) is 5.69 Å². The number of hydrogen-bond acceptors (Lipinski definition) is 4. The van der Waals surface area contributed by atoms with Gasteiger partial charge in [-0.3, -0.25) is 5.73 Å². The van der Waals surface area contributed by atoms with Gasteiger partial charge < -0.3 is 10.2 Å². The van der Waals surface area contributed by atoms with E-state index in [0.717, 1.165) is 36.6 Å². The van der Waals surface area contributed by atoms with Crippen LogP contribution in [0.25, 0.3) is 0 Å². The number of rotatable bonds is 1. The molecule has 3 nitrogen and oxygen atoms in total. The van der Waals surface area contributed by atoms with E-state index < -0.39 is 4.99 Å². The Hall–Kier alpha value is -0.420. The Morgan fingerprint density at radius 1 is 1.37 bits per heavy atom. The normalized spacial score (nSPS) is 29.9. The third-order valence-corrected chi connectivity index (χ3v) is 6.25. The molecular weight excluding hydrogens is 278 g/mol. The van der Waals surface area contributed by atoms with Gasteiger partial charge in [-0.2, -0.15) is 0 Å². The minimum atomic E-state index is -0.429. The average molecular weight is 298 g/mol. The van der Waals surface area contributed by atoms with Crippen LogP contribution in [0.15, 0.2) is 23.1 Å². The van der Waals surface area contributed by atoms with Crippen molar-refractivity contribution >= 4 is 29.1 Å². The topological polar surface area (TPSA) is 41.3 Å². The Morgan fingerprint density at radius 3 is 2.74 bits per heavy atom. The molecule has 1 fully saturated rings. The van der Waals surface area contributed by atoms with Crippen molar-refractivity contribution < 1.29 is 0 Å². The molecule has 2 heterocycles. The second-order valence-electron chi connectivity index (χ2n) is 5.97. The largest absolute Gasteiger partial charge is 0.357 e. The second kappa shape index (κ2) is 4.55. The first-order valence-corrected chi connectivity index (χ1v) is 7.86. The van der Waals surface area contributed by atoms with Crippen molar-refractivity contribution in [3.05, 3.63) is 23.2 Å². The summed E-state index contributed by atoms with van der Waals surface area (Å²) in [5.74, 6) is 0. The zero-order valence-corrected chi connectivity index (χ0v) is 12.9. The van der Waals surface area contributed by atoms with Gasteiger partial charge in [-0.1, -0.05) is 30.3 Å². The molecule has 0 radical (unpaired) electrons. The third-order valence-electron chi connectivity index (χ3n) is 4.52. The molecule has 0 bridgehead atoms. The molecule has 104 valence electrons. The number of hydrogen-bond donors (Lipinski definition) is 2. The lowest BCUT2D eigenvalue weighted by Crippen LogP contribution is -2.58. The van der Waals surface area contributed by atoms with Crippen molar-refractivity contribution in [1.82, 2.24) is 4.90 Å². The lowest BCUT2D eigenvalue weighted by atomic mass is 9.77. The minimum absolute atomic E-state index is 0.0929. The molecule has 0 amide bonds. The highest BCUT2D eigenvalue weighted by atomic mass is 35.5.